The fourth-order valence-corrected chi connectivity index (χ4v) is 3.05. The Morgan fingerprint density at radius 2 is 2.33 bits per heavy atom. The molecule has 1 atom stereocenters. The second-order valence-corrected chi connectivity index (χ2v) is 5.70. The maximum Gasteiger partial charge on any atom is 0.141 e. The Bertz CT molecular complexity index is 647. The number of benzene rings is 1. The minimum Gasteiger partial charge on any atom is -0.289 e. The van der Waals surface area contributed by atoms with E-state index in [2.05, 4.69) is 26.2 Å². The van der Waals surface area contributed by atoms with Gasteiger partial charge in [0.15, 0.2) is 0 Å². The van der Waals surface area contributed by atoms with Crippen molar-refractivity contribution >= 4 is 11.6 Å². The molecule has 2 heterocycles. The molecule has 0 radical (unpaired) electrons. The summed E-state index contributed by atoms with van der Waals surface area (Å²) in [4.78, 5) is 6.65. The van der Waals surface area contributed by atoms with Crippen molar-refractivity contribution in [1.29, 1.82) is 5.26 Å². The topological polar surface area (TPSA) is 68.6 Å². The maximum absolute atomic E-state index is 9.27. The molecular formula is C15H16ClN5. The molecule has 1 aliphatic heterocycles. The number of halogens is 1. The van der Waals surface area contributed by atoms with Crippen molar-refractivity contribution in [3.8, 4) is 6.07 Å². The number of nitriles is 1. The van der Waals surface area contributed by atoms with E-state index in [0.29, 0.717) is 10.6 Å². The molecule has 0 amide bonds. The van der Waals surface area contributed by atoms with Gasteiger partial charge in [-0.3, -0.25) is 10.00 Å². The van der Waals surface area contributed by atoms with Gasteiger partial charge in [-0.05, 0) is 37.1 Å². The number of aromatic nitrogens is 3. The molecule has 0 aliphatic carbocycles. The van der Waals surface area contributed by atoms with E-state index in [-0.39, 0.29) is 6.04 Å². The number of rotatable bonds is 3. The van der Waals surface area contributed by atoms with Crippen LogP contribution < -0.4 is 0 Å². The number of piperidine rings is 1. The molecular weight excluding hydrogens is 286 g/mol. The summed E-state index contributed by atoms with van der Waals surface area (Å²) in [5.41, 5.74) is 1.65. The quantitative estimate of drug-likeness (QED) is 0.946. The van der Waals surface area contributed by atoms with Gasteiger partial charge in [0.2, 0.25) is 0 Å². The highest BCUT2D eigenvalue weighted by atomic mass is 35.5. The van der Waals surface area contributed by atoms with Gasteiger partial charge < -0.3 is 0 Å². The lowest BCUT2D eigenvalue weighted by atomic mass is 9.99. The molecule has 108 valence electrons. The predicted octanol–water partition coefficient (Wildman–Crippen LogP) is 3.06. The summed E-state index contributed by atoms with van der Waals surface area (Å²) in [6.45, 7) is 1.73. The fourth-order valence-electron chi connectivity index (χ4n) is 2.87. The molecule has 0 spiro atoms. The van der Waals surface area contributed by atoms with Crippen molar-refractivity contribution in [2.45, 2.75) is 31.8 Å². The van der Waals surface area contributed by atoms with Crippen LogP contribution in [-0.2, 0) is 6.54 Å². The van der Waals surface area contributed by atoms with Gasteiger partial charge in [0.1, 0.15) is 12.2 Å². The van der Waals surface area contributed by atoms with Crippen molar-refractivity contribution in [2.75, 3.05) is 6.54 Å². The number of nitrogens with one attached hydrogen (secondary N) is 1. The highest BCUT2D eigenvalue weighted by Gasteiger charge is 2.26. The van der Waals surface area contributed by atoms with Crippen molar-refractivity contribution in [2.24, 2.45) is 0 Å². The second kappa shape index (κ2) is 6.25. The number of nitrogens with zero attached hydrogens (tertiary/aromatic N) is 4. The Morgan fingerprint density at radius 1 is 1.43 bits per heavy atom. The van der Waals surface area contributed by atoms with Crippen LogP contribution in [0.2, 0.25) is 5.02 Å². The summed E-state index contributed by atoms with van der Waals surface area (Å²) >= 11 is 5.96. The Morgan fingerprint density at radius 3 is 3.10 bits per heavy atom. The van der Waals surface area contributed by atoms with Crippen LogP contribution >= 0.6 is 11.6 Å². The minimum absolute atomic E-state index is 0.239. The first-order valence-corrected chi connectivity index (χ1v) is 7.43. The summed E-state index contributed by atoms with van der Waals surface area (Å²) in [5.74, 6) is 0.905. The second-order valence-electron chi connectivity index (χ2n) is 5.27. The number of H-pyrrole nitrogens is 1. The zero-order valence-electron chi connectivity index (χ0n) is 11.6. The van der Waals surface area contributed by atoms with Gasteiger partial charge in [-0.15, -0.1) is 0 Å². The van der Waals surface area contributed by atoms with E-state index in [1.165, 1.54) is 12.8 Å². The van der Waals surface area contributed by atoms with E-state index < -0.39 is 0 Å². The molecule has 3 rings (SSSR count). The van der Waals surface area contributed by atoms with E-state index in [1.807, 2.05) is 12.1 Å². The minimum atomic E-state index is 0.239. The first-order chi connectivity index (χ1) is 10.3. The normalized spacial score (nSPS) is 19.3. The summed E-state index contributed by atoms with van der Waals surface area (Å²) < 4.78 is 0. The molecule has 1 aromatic heterocycles. The lowest BCUT2D eigenvalue weighted by Crippen LogP contribution is -2.33. The van der Waals surface area contributed by atoms with E-state index in [0.717, 1.165) is 30.9 Å². The van der Waals surface area contributed by atoms with Gasteiger partial charge in [0.05, 0.1) is 17.7 Å². The molecule has 2 aromatic rings. The third-order valence-electron chi connectivity index (χ3n) is 3.93. The summed E-state index contributed by atoms with van der Waals surface area (Å²) in [6.07, 6.45) is 4.96. The van der Waals surface area contributed by atoms with Crippen molar-refractivity contribution in [3.05, 3.63) is 46.5 Å². The van der Waals surface area contributed by atoms with Crippen molar-refractivity contribution in [1.82, 2.24) is 20.1 Å². The number of hydrogen-bond acceptors (Lipinski definition) is 4. The van der Waals surface area contributed by atoms with Gasteiger partial charge in [-0.25, -0.2) is 4.98 Å². The molecule has 1 fully saturated rings. The molecule has 0 unspecified atom stereocenters. The van der Waals surface area contributed by atoms with Gasteiger partial charge in [0.25, 0.3) is 0 Å². The lowest BCUT2D eigenvalue weighted by Gasteiger charge is -2.34. The standard InChI is InChI=1S/C15H16ClN5/c16-13-5-4-11(12(7-13)8-17)9-21-6-2-1-3-14(21)15-18-10-19-20-15/h4-5,7,10,14H,1-3,6,9H2,(H,18,19,20)/t14-/m0/s1. The van der Waals surface area contributed by atoms with Crippen LogP contribution in [-0.4, -0.2) is 26.6 Å². The average molecular weight is 302 g/mol. The molecule has 1 aliphatic rings. The third kappa shape index (κ3) is 3.07. The molecule has 21 heavy (non-hydrogen) atoms. The molecule has 0 saturated carbocycles. The van der Waals surface area contributed by atoms with Gasteiger partial charge >= 0.3 is 0 Å². The molecule has 0 bridgehead atoms. The van der Waals surface area contributed by atoms with Crippen molar-refractivity contribution < 1.29 is 0 Å². The number of likely N-dealkylation sites (tertiary alicyclic amines) is 1. The number of aromatic amines is 1. The largest absolute Gasteiger partial charge is 0.289 e. The zero-order valence-corrected chi connectivity index (χ0v) is 12.3. The molecule has 1 aromatic carbocycles. The van der Waals surface area contributed by atoms with Gasteiger partial charge in [-0.2, -0.15) is 10.4 Å². The SMILES string of the molecule is N#Cc1cc(Cl)ccc1CN1CCCC[C@H]1c1ncn[nH]1. The van der Waals surface area contributed by atoms with Crippen LogP contribution in [0.1, 0.15) is 42.3 Å². The lowest BCUT2D eigenvalue weighted by molar-refractivity contribution is 0.134. The Labute approximate surface area is 128 Å². The van der Waals surface area contributed by atoms with Crippen LogP contribution in [0.3, 0.4) is 0 Å². The Hall–Kier alpha value is -1.90. The van der Waals surface area contributed by atoms with Gasteiger partial charge in [-0.1, -0.05) is 24.1 Å². The van der Waals surface area contributed by atoms with Crippen LogP contribution in [0, 0.1) is 11.3 Å². The van der Waals surface area contributed by atoms with E-state index in [1.54, 1.807) is 12.4 Å². The predicted molar refractivity (Wildman–Crippen MR) is 79.6 cm³/mol. The summed E-state index contributed by atoms with van der Waals surface area (Å²) in [5, 5.41) is 16.8. The zero-order chi connectivity index (χ0) is 14.7. The maximum atomic E-state index is 9.27. The molecule has 5 nitrogen and oxygen atoms in total. The fraction of sp³-hybridized carbons (Fsp3) is 0.400. The van der Waals surface area contributed by atoms with Crippen molar-refractivity contribution in [3.63, 3.8) is 0 Å². The monoisotopic (exact) mass is 301 g/mol. The van der Waals surface area contributed by atoms with Crippen LogP contribution in [0.25, 0.3) is 0 Å². The molecule has 1 saturated heterocycles. The first-order valence-electron chi connectivity index (χ1n) is 7.06. The summed E-state index contributed by atoms with van der Waals surface area (Å²) in [7, 11) is 0. The Kier molecular flexibility index (Phi) is 4.18. The first kappa shape index (κ1) is 14.1. The number of hydrogen-bond donors (Lipinski definition) is 1. The Balaban J connectivity index is 1.84. The molecule has 1 N–H and O–H groups in total. The summed E-state index contributed by atoms with van der Waals surface area (Å²) in [6, 6.07) is 7.97. The average Bonchev–Trinajstić information content (AvgIpc) is 3.03. The third-order valence-corrected chi connectivity index (χ3v) is 4.16. The van der Waals surface area contributed by atoms with E-state index in [9.17, 15) is 5.26 Å². The molecule has 6 heteroatoms. The smallest absolute Gasteiger partial charge is 0.141 e. The van der Waals surface area contributed by atoms with Crippen LogP contribution in [0.15, 0.2) is 24.5 Å². The highest BCUT2D eigenvalue weighted by molar-refractivity contribution is 6.30. The van der Waals surface area contributed by atoms with Crippen LogP contribution in [0.4, 0.5) is 0 Å². The highest BCUT2D eigenvalue weighted by Crippen LogP contribution is 2.30. The van der Waals surface area contributed by atoms with E-state index >= 15 is 0 Å². The van der Waals surface area contributed by atoms with Crippen LogP contribution in [0.5, 0.6) is 0 Å². The van der Waals surface area contributed by atoms with Gasteiger partial charge in [0, 0.05) is 11.6 Å². The van der Waals surface area contributed by atoms with E-state index in [4.69, 9.17) is 11.6 Å².